The molecule has 1 saturated heterocycles. The summed E-state index contributed by atoms with van der Waals surface area (Å²) >= 11 is 0. The Hall–Kier alpha value is -2.48. The lowest BCUT2D eigenvalue weighted by atomic mass is 9.43. The Morgan fingerprint density at radius 1 is 1.19 bits per heavy atom. The first-order valence-corrected chi connectivity index (χ1v) is 10.9. The fourth-order valence-corrected chi connectivity index (χ4v) is 6.80. The number of carbonyl (C=O) groups excluding carboxylic acids is 4. The summed E-state index contributed by atoms with van der Waals surface area (Å²) in [5.41, 5.74) is -2.26. The van der Waals surface area contributed by atoms with Crippen LogP contribution in [0.4, 0.5) is 0 Å². The van der Waals surface area contributed by atoms with Crippen molar-refractivity contribution in [1.82, 2.24) is 0 Å². The van der Waals surface area contributed by atoms with Crippen LogP contribution in [0.25, 0.3) is 0 Å². The maximum atomic E-state index is 13.5. The van der Waals surface area contributed by atoms with Gasteiger partial charge in [0.05, 0.1) is 0 Å². The molecule has 0 aromatic carbocycles. The van der Waals surface area contributed by atoms with E-state index < -0.39 is 64.5 Å². The maximum absolute atomic E-state index is 13.5. The van der Waals surface area contributed by atoms with E-state index in [0.29, 0.717) is 12.8 Å². The zero-order valence-electron chi connectivity index (χ0n) is 19.0. The highest BCUT2D eigenvalue weighted by molar-refractivity contribution is 6.00. The predicted octanol–water partition coefficient (Wildman–Crippen LogP) is 1.89. The van der Waals surface area contributed by atoms with E-state index in [-0.39, 0.29) is 11.7 Å². The molecule has 1 N–H and O–H groups in total. The first-order valence-electron chi connectivity index (χ1n) is 10.9. The van der Waals surface area contributed by atoms with Crippen LogP contribution in [-0.4, -0.2) is 53.2 Å². The molecule has 4 rings (SSSR count). The summed E-state index contributed by atoms with van der Waals surface area (Å²) in [7, 11) is 0. The van der Waals surface area contributed by atoms with Crippen molar-refractivity contribution in [3.8, 4) is 0 Å². The van der Waals surface area contributed by atoms with E-state index in [2.05, 4.69) is 6.58 Å². The lowest BCUT2D eigenvalue weighted by molar-refractivity contribution is -0.213. The first kappa shape index (κ1) is 22.7. The van der Waals surface area contributed by atoms with E-state index in [9.17, 15) is 24.3 Å². The number of hydrogen-bond donors (Lipinski definition) is 1. The van der Waals surface area contributed by atoms with Crippen LogP contribution in [-0.2, 0) is 33.4 Å². The van der Waals surface area contributed by atoms with Gasteiger partial charge in [-0.15, -0.1) is 6.58 Å². The molecular weight excluding hydrogens is 416 g/mol. The number of esters is 3. The van der Waals surface area contributed by atoms with E-state index in [1.54, 1.807) is 19.1 Å². The average molecular weight is 446 g/mol. The van der Waals surface area contributed by atoms with Gasteiger partial charge in [0.2, 0.25) is 0 Å². The number of ether oxygens (including phenoxy) is 3. The smallest absolute Gasteiger partial charge is 0.315 e. The zero-order valence-corrected chi connectivity index (χ0v) is 19.0. The minimum Gasteiger partial charge on any atom is -0.462 e. The Kier molecular flexibility index (Phi) is 4.97. The molecule has 3 fully saturated rings. The van der Waals surface area contributed by atoms with E-state index in [0.717, 1.165) is 5.57 Å². The monoisotopic (exact) mass is 446 g/mol. The third kappa shape index (κ3) is 2.77. The fourth-order valence-electron chi connectivity index (χ4n) is 6.80. The van der Waals surface area contributed by atoms with Crippen molar-refractivity contribution < 1.29 is 38.5 Å². The summed E-state index contributed by atoms with van der Waals surface area (Å²) < 4.78 is 16.8. The Balaban J connectivity index is 1.90. The number of carbonyl (C=O) groups is 4. The molecule has 1 heterocycles. The third-order valence-electron chi connectivity index (χ3n) is 8.39. The maximum Gasteiger partial charge on any atom is 0.315 e. The molecule has 3 aliphatic carbocycles. The molecule has 2 bridgehead atoms. The van der Waals surface area contributed by atoms with Crippen LogP contribution in [0.2, 0.25) is 0 Å². The first-order chi connectivity index (χ1) is 14.8. The molecule has 4 aliphatic rings. The van der Waals surface area contributed by atoms with Gasteiger partial charge < -0.3 is 19.3 Å². The molecule has 0 amide bonds. The molecule has 1 aliphatic heterocycles. The van der Waals surface area contributed by atoms with Crippen LogP contribution in [0.15, 0.2) is 24.3 Å². The third-order valence-corrected chi connectivity index (χ3v) is 8.39. The van der Waals surface area contributed by atoms with Gasteiger partial charge in [-0.25, -0.2) is 0 Å². The van der Waals surface area contributed by atoms with Crippen LogP contribution < -0.4 is 0 Å². The quantitative estimate of drug-likeness (QED) is 0.397. The SMILES string of the molecule is C=CC1(C)CC2=CC(=O)C3C4(C)C(=O)OC(C4O)C(OC(C)=O)C3(C)C2CC1OC(C)=O. The van der Waals surface area contributed by atoms with Crippen LogP contribution in [0.1, 0.15) is 47.5 Å². The highest BCUT2D eigenvalue weighted by Crippen LogP contribution is 2.66. The molecule has 0 spiro atoms. The molecular formula is C24H30O8. The molecule has 32 heavy (non-hydrogen) atoms. The fraction of sp³-hybridized carbons (Fsp3) is 0.667. The zero-order chi connectivity index (χ0) is 23.8. The summed E-state index contributed by atoms with van der Waals surface area (Å²) in [6.07, 6.45) is 0.172. The second-order valence-electron chi connectivity index (χ2n) is 10.3. The Bertz CT molecular complexity index is 952. The van der Waals surface area contributed by atoms with Crippen molar-refractivity contribution >= 4 is 23.7 Å². The predicted molar refractivity (Wildman–Crippen MR) is 111 cm³/mol. The highest BCUT2D eigenvalue weighted by Gasteiger charge is 2.76. The highest BCUT2D eigenvalue weighted by atomic mass is 16.6. The van der Waals surface area contributed by atoms with Crippen molar-refractivity contribution in [2.45, 2.75) is 71.9 Å². The number of ketones is 1. The summed E-state index contributed by atoms with van der Waals surface area (Å²) in [6.45, 7) is 11.8. The average Bonchev–Trinajstić information content (AvgIpc) is 2.86. The Morgan fingerprint density at radius 3 is 2.38 bits per heavy atom. The Morgan fingerprint density at radius 2 is 1.81 bits per heavy atom. The van der Waals surface area contributed by atoms with Crippen LogP contribution in [0.5, 0.6) is 0 Å². The van der Waals surface area contributed by atoms with Gasteiger partial charge >= 0.3 is 17.9 Å². The molecule has 0 aromatic heterocycles. The molecule has 2 saturated carbocycles. The normalized spacial score (nSPS) is 46.9. The van der Waals surface area contributed by atoms with Crippen molar-refractivity contribution in [1.29, 1.82) is 0 Å². The number of aliphatic hydroxyl groups is 1. The number of rotatable bonds is 3. The summed E-state index contributed by atoms with van der Waals surface area (Å²) in [4.78, 5) is 50.3. The summed E-state index contributed by atoms with van der Waals surface area (Å²) in [5.74, 6) is -3.29. The van der Waals surface area contributed by atoms with Crippen molar-refractivity contribution in [2.75, 3.05) is 0 Å². The van der Waals surface area contributed by atoms with E-state index in [4.69, 9.17) is 14.2 Å². The molecule has 8 nitrogen and oxygen atoms in total. The molecule has 0 radical (unpaired) electrons. The van der Waals surface area contributed by atoms with E-state index in [1.807, 2.05) is 13.8 Å². The number of hydrogen-bond acceptors (Lipinski definition) is 8. The van der Waals surface area contributed by atoms with Gasteiger partial charge in [-0.3, -0.25) is 19.2 Å². The summed E-state index contributed by atoms with van der Waals surface area (Å²) in [5, 5.41) is 11.0. The van der Waals surface area contributed by atoms with Gasteiger partial charge in [0, 0.05) is 30.6 Å². The largest absolute Gasteiger partial charge is 0.462 e. The second kappa shape index (κ2) is 7.01. The van der Waals surface area contributed by atoms with Gasteiger partial charge in [0.25, 0.3) is 0 Å². The van der Waals surface area contributed by atoms with E-state index >= 15 is 0 Å². The number of fused-ring (bicyclic) bond motifs is 6. The molecule has 9 atom stereocenters. The topological polar surface area (TPSA) is 116 Å². The summed E-state index contributed by atoms with van der Waals surface area (Å²) in [6, 6.07) is 0. The van der Waals surface area contributed by atoms with Crippen molar-refractivity contribution in [3.63, 3.8) is 0 Å². The molecule has 8 heteroatoms. The van der Waals surface area contributed by atoms with Crippen LogP contribution >= 0.6 is 0 Å². The van der Waals surface area contributed by atoms with Gasteiger partial charge in [-0.05, 0) is 31.8 Å². The lowest BCUT2D eigenvalue weighted by Crippen LogP contribution is -2.69. The van der Waals surface area contributed by atoms with Crippen molar-refractivity contribution in [2.24, 2.45) is 28.1 Å². The van der Waals surface area contributed by atoms with Crippen LogP contribution in [0, 0.1) is 28.1 Å². The van der Waals surface area contributed by atoms with Gasteiger partial charge in [0.1, 0.15) is 23.7 Å². The molecule has 174 valence electrons. The standard InChI is InChI=1S/C24H30O8/c1-7-22(4)10-13-8-15(27)18-23(5,14(13)9-16(22)30-11(2)25)20(31-12(3)26)17-19(28)24(18,6)21(29)32-17/h7-8,14,16-20,28H,1,9-10H2,2-6H3. The van der Waals surface area contributed by atoms with Crippen LogP contribution in [0.3, 0.4) is 0 Å². The van der Waals surface area contributed by atoms with E-state index in [1.165, 1.54) is 13.8 Å². The van der Waals surface area contributed by atoms with Gasteiger partial charge in [0.15, 0.2) is 11.9 Å². The molecule has 9 unspecified atom stereocenters. The minimum atomic E-state index is -1.47. The molecule has 0 aromatic rings. The number of allylic oxidation sites excluding steroid dienone is 2. The second-order valence-corrected chi connectivity index (χ2v) is 10.3. The lowest BCUT2D eigenvalue weighted by Gasteiger charge is -2.60. The number of aliphatic hydroxyl groups excluding tert-OH is 1. The minimum absolute atomic E-state index is 0.299. The van der Waals surface area contributed by atoms with Gasteiger partial charge in [-0.2, -0.15) is 0 Å². The Labute approximate surface area is 187 Å². The van der Waals surface area contributed by atoms with Gasteiger partial charge in [-0.1, -0.05) is 25.5 Å². The van der Waals surface area contributed by atoms with Crippen molar-refractivity contribution in [3.05, 3.63) is 24.3 Å².